The fraction of sp³-hybridized carbons (Fsp3) is 0.966. The number of Topliss-reactive ketones (excluding diaryl/α,β-unsaturated/α-hetero) is 1. The lowest BCUT2D eigenvalue weighted by Gasteiger charge is -2.64. The van der Waals surface area contributed by atoms with Gasteiger partial charge in [0.2, 0.25) is 0 Å². The van der Waals surface area contributed by atoms with Gasteiger partial charge in [-0.1, -0.05) is 53.9 Å². The van der Waals surface area contributed by atoms with Crippen LogP contribution in [0.1, 0.15) is 105 Å². The molecule has 5 fully saturated rings. The fourth-order valence-corrected chi connectivity index (χ4v) is 9.92. The van der Waals surface area contributed by atoms with Gasteiger partial charge >= 0.3 is 0 Å². The first-order chi connectivity index (χ1) is 15.2. The van der Waals surface area contributed by atoms with Crippen LogP contribution < -0.4 is 0 Å². The van der Waals surface area contributed by atoms with E-state index in [2.05, 4.69) is 34.6 Å². The second-order valence-corrected chi connectivity index (χ2v) is 13.4. The lowest BCUT2D eigenvalue weighted by molar-refractivity contribution is -0.289. The minimum Gasteiger partial charge on any atom is -0.347 e. The van der Waals surface area contributed by atoms with Crippen LogP contribution >= 0.6 is 0 Å². The summed E-state index contributed by atoms with van der Waals surface area (Å²) in [6.45, 7) is 13.9. The van der Waals surface area contributed by atoms with Crippen molar-refractivity contribution in [3.05, 3.63) is 0 Å². The Labute approximate surface area is 196 Å². The Balaban J connectivity index is 1.40. The summed E-state index contributed by atoms with van der Waals surface area (Å²) in [6, 6.07) is 0. The van der Waals surface area contributed by atoms with E-state index in [1.807, 2.05) is 0 Å². The van der Waals surface area contributed by atoms with Crippen LogP contribution in [0, 0.1) is 52.3 Å². The third-order valence-electron chi connectivity index (χ3n) is 11.5. The molecule has 5 rings (SSSR count). The SMILES string of the molecule is CC(C)CCC[C@@H](C)[C@@H]1CC[C@@H]2[C@H]3CC4(OCCO4)[C@H]4CC(=O)CC[C@]4(C)[C@@H]3CC[C@@]21C. The molecule has 0 aromatic carbocycles. The molecule has 0 aromatic heterocycles. The Morgan fingerprint density at radius 2 is 1.66 bits per heavy atom. The van der Waals surface area contributed by atoms with Gasteiger partial charge in [-0.25, -0.2) is 0 Å². The van der Waals surface area contributed by atoms with Crippen molar-refractivity contribution in [1.82, 2.24) is 0 Å². The third kappa shape index (κ3) is 3.55. The minimum atomic E-state index is -0.481. The van der Waals surface area contributed by atoms with Crippen LogP contribution in [0.15, 0.2) is 0 Å². The maximum Gasteiger partial charge on any atom is 0.172 e. The van der Waals surface area contributed by atoms with Crippen molar-refractivity contribution < 1.29 is 14.3 Å². The number of carbonyl (C=O) groups is 1. The van der Waals surface area contributed by atoms with E-state index >= 15 is 0 Å². The van der Waals surface area contributed by atoms with E-state index < -0.39 is 5.79 Å². The molecular weight excluding hydrogens is 396 g/mol. The zero-order valence-corrected chi connectivity index (χ0v) is 21.5. The van der Waals surface area contributed by atoms with Gasteiger partial charge in [-0.2, -0.15) is 0 Å². The number of hydrogen-bond donors (Lipinski definition) is 0. The number of fused-ring (bicyclic) bond motifs is 6. The van der Waals surface area contributed by atoms with Gasteiger partial charge in [0.15, 0.2) is 5.79 Å². The van der Waals surface area contributed by atoms with E-state index in [1.54, 1.807) is 0 Å². The van der Waals surface area contributed by atoms with Gasteiger partial charge in [-0.3, -0.25) is 4.79 Å². The average molecular weight is 445 g/mol. The molecule has 5 aliphatic rings. The first-order valence-corrected chi connectivity index (χ1v) is 14.0. The lowest BCUT2D eigenvalue weighted by atomic mass is 9.43. The largest absolute Gasteiger partial charge is 0.347 e. The van der Waals surface area contributed by atoms with E-state index in [9.17, 15) is 4.79 Å². The summed E-state index contributed by atoms with van der Waals surface area (Å²) in [6.07, 6.45) is 13.3. The summed E-state index contributed by atoms with van der Waals surface area (Å²) < 4.78 is 12.9. The summed E-state index contributed by atoms with van der Waals surface area (Å²) in [4.78, 5) is 12.5. The summed E-state index contributed by atoms with van der Waals surface area (Å²) in [5.74, 6) is 5.00. The van der Waals surface area contributed by atoms with Crippen molar-refractivity contribution in [2.75, 3.05) is 13.2 Å². The Bertz CT molecular complexity index is 709. The molecule has 1 aliphatic heterocycles. The van der Waals surface area contributed by atoms with Gasteiger partial charge in [0.05, 0.1) is 13.2 Å². The highest BCUT2D eigenvalue weighted by Crippen LogP contribution is 2.70. The number of ether oxygens (including phenoxy) is 2. The number of carbonyl (C=O) groups excluding carboxylic acids is 1. The third-order valence-corrected chi connectivity index (χ3v) is 11.5. The van der Waals surface area contributed by atoms with Crippen molar-refractivity contribution in [3.63, 3.8) is 0 Å². The molecular formula is C29H48O3. The van der Waals surface area contributed by atoms with E-state index in [1.165, 1.54) is 44.9 Å². The molecule has 1 spiro atoms. The van der Waals surface area contributed by atoms with Gasteiger partial charge in [0.25, 0.3) is 0 Å². The minimum absolute atomic E-state index is 0.198. The molecule has 0 unspecified atom stereocenters. The Morgan fingerprint density at radius 1 is 0.938 bits per heavy atom. The van der Waals surface area contributed by atoms with Gasteiger partial charge in [0, 0.05) is 25.2 Å². The molecule has 4 aliphatic carbocycles. The van der Waals surface area contributed by atoms with Crippen molar-refractivity contribution in [2.24, 2.45) is 52.3 Å². The Hall–Kier alpha value is -0.410. The molecule has 0 bridgehead atoms. The molecule has 1 saturated heterocycles. The molecule has 3 heteroatoms. The highest BCUT2D eigenvalue weighted by Gasteiger charge is 2.67. The molecule has 182 valence electrons. The average Bonchev–Trinajstić information content (AvgIpc) is 3.34. The summed E-state index contributed by atoms with van der Waals surface area (Å²) in [7, 11) is 0. The van der Waals surface area contributed by atoms with Gasteiger partial charge in [-0.05, 0) is 78.4 Å². The van der Waals surface area contributed by atoms with Crippen LogP contribution in [0.3, 0.4) is 0 Å². The highest BCUT2D eigenvalue weighted by atomic mass is 16.7. The predicted octanol–water partition coefficient (Wildman–Crippen LogP) is 7.03. The molecule has 0 amide bonds. The molecule has 1 heterocycles. The van der Waals surface area contributed by atoms with Crippen LogP contribution in [0.4, 0.5) is 0 Å². The van der Waals surface area contributed by atoms with E-state index in [4.69, 9.17) is 9.47 Å². The van der Waals surface area contributed by atoms with Crippen LogP contribution in [-0.2, 0) is 14.3 Å². The van der Waals surface area contributed by atoms with Crippen molar-refractivity contribution in [2.45, 2.75) is 111 Å². The maximum absolute atomic E-state index is 12.5. The van der Waals surface area contributed by atoms with Crippen LogP contribution in [0.25, 0.3) is 0 Å². The van der Waals surface area contributed by atoms with Gasteiger partial charge in [0.1, 0.15) is 5.78 Å². The zero-order valence-electron chi connectivity index (χ0n) is 21.5. The second kappa shape index (κ2) is 8.36. The van der Waals surface area contributed by atoms with E-state index in [0.717, 1.165) is 48.9 Å². The summed E-state index contributed by atoms with van der Waals surface area (Å²) >= 11 is 0. The molecule has 0 N–H and O–H groups in total. The van der Waals surface area contributed by atoms with Crippen LogP contribution in [0.5, 0.6) is 0 Å². The molecule has 0 radical (unpaired) electrons. The standard InChI is InChI=1S/C29H48O3/c1-19(2)7-6-8-20(3)23-9-10-24-22-18-29(31-15-16-32-29)26-17-21(30)11-13-28(26,5)25(22)12-14-27(23,24)4/h19-20,22-26H,6-18H2,1-5H3/t20-,22-,23+,24-,25-,26+,27-,28-/m1/s1. The fourth-order valence-electron chi connectivity index (χ4n) is 9.92. The first-order valence-electron chi connectivity index (χ1n) is 14.0. The number of rotatable bonds is 5. The van der Waals surface area contributed by atoms with Gasteiger partial charge < -0.3 is 9.47 Å². The Morgan fingerprint density at radius 3 is 2.38 bits per heavy atom. The molecule has 32 heavy (non-hydrogen) atoms. The maximum atomic E-state index is 12.5. The molecule has 4 saturated carbocycles. The topological polar surface area (TPSA) is 35.5 Å². The number of ketones is 1. The van der Waals surface area contributed by atoms with E-state index in [-0.39, 0.29) is 11.3 Å². The molecule has 0 aromatic rings. The Kier molecular flexibility index (Phi) is 6.10. The van der Waals surface area contributed by atoms with Crippen LogP contribution in [-0.4, -0.2) is 24.8 Å². The number of hydrogen-bond acceptors (Lipinski definition) is 3. The normalized spacial score (nSPS) is 46.2. The lowest BCUT2D eigenvalue weighted by Crippen LogP contribution is -2.63. The first kappa shape index (κ1) is 23.3. The zero-order chi connectivity index (χ0) is 22.7. The summed E-state index contributed by atoms with van der Waals surface area (Å²) in [5, 5.41) is 0. The molecule has 8 atom stereocenters. The molecule has 3 nitrogen and oxygen atoms in total. The predicted molar refractivity (Wildman–Crippen MR) is 128 cm³/mol. The second-order valence-electron chi connectivity index (χ2n) is 13.4. The van der Waals surface area contributed by atoms with Crippen LogP contribution in [0.2, 0.25) is 0 Å². The highest BCUT2D eigenvalue weighted by molar-refractivity contribution is 5.80. The monoisotopic (exact) mass is 444 g/mol. The van der Waals surface area contributed by atoms with Crippen molar-refractivity contribution in [3.8, 4) is 0 Å². The van der Waals surface area contributed by atoms with Gasteiger partial charge in [-0.15, -0.1) is 0 Å². The van der Waals surface area contributed by atoms with Crippen molar-refractivity contribution in [1.29, 1.82) is 0 Å². The smallest absolute Gasteiger partial charge is 0.172 e. The van der Waals surface area contributed by atoms with E-state index in [0.29, 0.717) is 36.8 Å². The summed E-state index contributed by atoms with van der Waals surface area (Å²) in [5.41, 5.74) is 0.676. The van der Waals surface area contributed by atoms with Crippen molar-refractivity contribution >= 4 is 5.78 Å². The quantitative estimate of drug-likeness (QED) is 0.456.